The molecule has 2 N–H and O–H groups in total. The van der Waals surface area contributed by atoms with Crippen LogP contribution < -0.4 is 5.30 Å². The Balaban J connectivity index is 2.13. The smallest absolute Gasteiger partial charge is 0.0871 e. The van der Waals surface area contributed by atoms with Gasteiger partial charge < -0.3 is 5.11 Å². The van der Waals surface area contributed by atoms with E-state index in [-0.39, 0.29) is 5.41 Å². The highest BCUT2D eigenvalue weighted by Gasteiger charge is 2.37. The van der Waals surface area contributed by atoms with Crippen LogP contribution in [0.3, 0.4) is 0 Å². The van der Waals surface area contributed by atoms with E-state index in [4.69, 9.17) is 11.6 Å². The van der Waals surface area contributed by atoms with Crippen LogP contribution >= 0.6 is 20.8 Å². The van der Waals surface area contributed by atoms with Crippen molar-refractivity contribution in [2.45, 2.75) is 45.1 Å². The highest BCUT2D eigenvalue weighted by atomic mass is 35.5. The Morgan fingerprint density at radius 2 is 2.10 bits per heavy atom. The van der Waals surface area contributed by atoms with E-state index in [0.29, 0.717) is 5.02 Å². The molecule has 0 spiro atoms. The summed E-state index contributed by atoms with van der Waals surface area (Å²) in [4.78, 5) is 0. The Morgan fingerprint density at radius 3 is 2.80 bits per heavy atom. The van der Waals surface area contributed by atoms with Crippen molar-refractivity contribution in [3.8, 4) is 0 Å². The maximum atomic E-state index is 11.0. The normalized spacial score (nSPS) is 20.2. The summed E-state index contributed by atoms with van der Waals surface area (Å²) in [6, 6.07) is 1.89. The van der Waals surface area contributed by atoms with E-state index in [2.05, 4.69) is 26.4 Å². The third-order valence-corrected chi connectivity index (χ3v) is 5.81. The third-order valence-electron chi connectivity index (χ3n) is 4.70. The molecule has 1 saturated carbocycles. The van der Waals surface area contributed by atoms with Gasteiger partial charge in [-0.05, 0) is 29.6 Å². The molecule has 2 unspecified atom stereocenters. The number of rotatable bonds is 2. The van der Waals surface area contributed by atoms with E-state index < -0.39 is 6.10 Å². The summed E-state index contributed by atoms with van der Waals surface area (Å²) in [6.45, 7) is 2.18. The molecule has 0 bridgehead atoms. The molecular formula is C15H20ClN2OP. The third kappa shape index (κ3) is 2.26. The van der Waals surface area contributed by atoms with Crippen molar-refractivity contribution in [2.24, 2.45) is 5.41 Å². The Hall–Kier alpha value is -0.630. The minimum absolute atomic E-state index is 0.0771. The minimum Gasteiger partial charge on any atom is -0.388 e. The van der Waals surface area contributed by atoms with Crippen LogP contribution in [-0.2, 0) is 0 Å². The standard InChI is InChI=1S/C15H20ClN2OP/c1-15(5-3-2-4-6-15)14(19)11-12-9(8-17-18-12)7-10(16)13(11)20/h7-8,14,19H,2-6,20H2,1H3,(H,17,18). The molecule has 2 atom stereocenters. The summed E-state index contributed by atoms with van der Waals surface area (Å²) in [5, 5.41) is 20.6. The van der Waals surface area contributed by atoms with Crippen molar-refractivity contribution in [1.82, 2.24) is 10.2 Å². The maximum absolute atomic E-state index is 11.0. The molecule has 1 heterocycles. The van der Waals surface area contributed by atoms with Crippen LogP contribution in [-0.4, -0.2) is 15.3 Å². The highest BCUT2D eigenvalue weighted by Crippen LogP contribution is 2.47. The SMILES string of the molecule is CC1(C(O)c2c(P)c(Cl)cc3cn[nH]c23)CCCCC1. The Bertz CT molecular complexity index is 634. The lowest BCUT2D eigenvalue weighted by Crippen LogP contribution is -2.30. The first-order valence-electron chi connectivity index (χ1n) is 7.12. The second kappa shape index (κ2) is 5.29. The first-order valence-corrected chi connectivity index (χ1v) is 8.07. The number of aromatic nitrogens is 2. The topological polar surface area (TPSA) is 48.9 Å². The average Bonchev–Trinajstić information content (AvgIpc) is 2.88. The number of nitrogens with zero attached hydrogens (tertiary/aromatic N) is 1. The molecule has 1 aliphatic rings. The minimum atomic E-state index is -0.517. The molecule has 0 aliphatic heterocycles. The van der Waals surface area contributed by atoms with E-state index in [1.807, 2.05) is 6.07 Å². The summed E-state index contributed by atoms with van der Waals surface area (Å²) >= 11 is 6.30. The van der Waals surface area contributed by atoms with Gasteiger partial charge in [-0.2, -0.15) is 5.10 Å². The number of nitrogens with one attached hydrogen (secondary N) is 1. The molecule has 1 aliphatic carbocycles. The van der Waals surface area contributed by atoms with Crippen molar-refractivity contribution >= 4 is 37.0 Å². The van der Waals surface area contributed by atoms with Gasteiger partial charge in [0.05, 0.1) is 17.8 Å². The van der Waals surface area contributed by atoms with E-state index in [1.165, 1.54) is 19.3 Å². The maximum Gasteiger partial charge on any atom is 0.0871 e. The number of halogens is 1. The van der Waals surface area contributed by atoms with Crippen LogP contribution in [0.4, 0.5) is 0 Å². The van der Waals surface area contributed by atoms with Gasteiger partial charge in [-0.15, -0.1) is 9.24 Å². The van der Waals surface area contributed by atoms with E-state index in [9.17, 15) is 5.11 Å². The molecule has 1 aromatic carbocycles. The van der Waals surface area contributed by atoms with Crippen molar-refractivity contribution in [1.29, 1.82) is 0 Å². The quantitative estimate of drug-likeness (QED) is 0.831. The first-order chi connectivity index (χ1) is 9.53. The number of fused-ring (bicyclic) bond motifs is 1. The van der Waals surface area contributed by atoms with Gasteiger partial charge >= 0.3 is 0 Å². The average molecular weight is 311 g/mol. The molecule has 0 amide bonds. The number of aromatic amines is 1. The van der Waals surface area contributed by atoms with Crippen LogP contribution in [0.25, 0.3) is 10.9 Å². The van der Waals surface area contributed by atoms with Crippen molar-refractivity contribution < 1.29 is 5.11 Å². The predicted octanol–water partition coefficient (Wildman–Crippen LogP) is 3.72. The van der Waals surface area contributed by atoms with Gasteiger partial charge in [-0.25, -0.2) is 0 Å². The summed E-state index contributed by atoms with van der Waals surface area (Å²) < 4.78 is 0. The van der Waals surface area contributed by atoms with Crippen LogP contribution in [0.1, 0.15) is 50.7 Å². The predicted molar refractivity (Wildman–Crippen MR) is 86.6 cm³/mol. The molecule has 20 heavy (non-hydrogen) atoms. The zero-order valence-corrected chi connectivity index (χ0v) is 13.5. The number of benzene rings is 1. The number of hydrogen-bond donors (Lipinski definition) is 2. The molecule has 1 aromatic heterocycles. The Morgan fingerprint density at radius 1 is 1.40 bits per heavy atom. The van der Waals surface area contributed by atoms with Gasteiger partial charge in [0.15, 0.2) is 0 Å². The molecule has 108 valence electrons. The molecule has 3 nitrogen and oxygen atoms in total. The van der Waals surface area contributed by atoms with Crippen LogP contribution in [0, 0.1) is 5.41 Å². The molecule has 2 aromatic rings. The summed E-state index contributed by atoms with van der Waals surface area (Å²) in [7, 11) is 2.67. The number of aliphatic hydroxyl groups is 1. The zero-order chi connectivity index (χ0) is 14.3. The lowest BCUT2D eigenvalue weighted by Gasteiger charge is -2.38. The van der Waals surface area contributed by atoms with Gasteiger partial charge in [0.25, 0.3) is 0 Å². The molecular weight excluding hydrogens is 291 g/mol. The van der Waals surface area contributed by atoms with E-state index in [0.717, 1.165) is 34.6 Å². The van der Waals surface area contributed by atoms with Crippen molar-refractivity contribution in [2.75, 3.05) is 0 Å². The summed E-state index contributed by atoms with van der Waals surface area (Å²) in [5.74, 6) is 0. The second-order valence-corrected chi connectivity index (χ2v) is 7.12. The van der Waals surface area contributed by atoms with E-state index >= 15 is 0 Å². The molecule has 3 rings (SSSR count). The monoisotopic (exact) mass is 310 g/mol. The van der Waals surface area contributed by atoms with Crippen LogP contribution in [0.15, 0.2) is 12.3 Å². The van der Waals surface area contributed by atoms with Crippen molar-refractivity contribution in [3.63, 3.8) is 0 Å². The lowest BCUT2D eigenvalue weighted by atomic mass is 9.70. The lowest BCUT2D eigenvalue weighted by molar-refractivity contribution is 0.00977. The fraction of sp³-hybridized carbons (Fsp3) is 0.533. The first kappa shape index (κ1) is 14.3. The Kier molecular flexibility index (Phi) is 3.79. The fourth-order valence-electron chi connectivity index (χ4n) is 3.36. The molecule has 0 saturated heterocycles. The number of hydrogen-bond acceptors (Lipinski definition) is 2. The van der Waals surface area contributed by atoms with Gasteiger partial charge in [-0.3, -0.25) is 5.10 Å². The fourth-order valence-corrected chi connectivity index (χ4v) is 3.97. The number of aliphatic hydroxyl groups excluding tert-OH is 1. The van der Waals surface area contributed by atoms with Gasteiger partial charge in [0, 0.05) is 16.0 Å². The van der Waals surface area contributed by atoms with Crippen LogP contribution in [0.2, 0.25) is 5.02 Å². The van der Waals surface area contributed by atoms with Crippen LogP contribution in [0.5, 0.6) is 0 Å². The van der Waals surface area contributed by atoms with Gasteiger partial charge in [0.1, 0.15) is 0 Å². The number of H-pyrrole nitrogens is 1. The second-order valence-electron chi connectivity index (χ2n) is 6.14. The molecule has 5 heteroatoms. The molecule has 0 radical (unpaired) electrons. The zero-order valence-electron chi connectivity index (χ0n) is 11.6. The highest BCUT2D eigenvalue weighted by molar-refractivity contribution is 7.28. The van der Waals surface area contributed by atoms with Crippen molar-refractivity contribution in [3.05, 3.63) is 22.8 Å². The summed E-state index contributed by atoms with van der Waals surface area (Å²) in [5.41, 5.74) is 1.71. The summed E-state index contributed by atoms with van der Waals surface area (Å²) in [6.07, 6.45) is 6.99. The van der Waals surface area contributed by atoms with E-state index in [1.54, 1.807) is 6.20 Å². The Labute approximate surface area is 126 Å². The largest absolute Gasteiger partial charge is 0.388 e. The van der Waals surface area contributed by atoms with Gasteiger partial charge in [-0.1, -0.05) is 37.8 Å². The molecule has 1 fully saturated rings. The van der Waals surface area contributed by atoms with Gasteiger partial charge in [0.2, 0.25) is 0 Å².